The second-order valence-electron chi connectivity index (χ2n) is 9.71. The fourth-order valence-corrected chi connectivity index (χ4v) is 5.12. The van der Waals surface area contributed by atoms with Gasteiger partial charge in [0.15, 0.2) is 0 Å². The summed E-state index contributed by atoms with van der Waals surface area (Å²) in [6.45, 7) is 4.36. The van der Waals surface area contributed by atoms with Crippen LogP contribution in [0.2, 0.25) is 0 Å². The first kappa shape index (κ1) is 20.6. The number of carbonyl (C=O) groups is 1. The SMILES string of the molecule is NCC1(n2cc(-c3ncnc4[nH]ccc34)cn2)CN(C2CCN(C(=O)OCC3CC3)CC2)C1. The van der Waals surface area contributed by atoms with Crippen LogP contribution in [-0.4, -0.2) is 86.0 Å². The van der Waals surface area contributed by atoms with Crippen molar-refractivity contribution in [3.63, 3.8) is 0 Å². The Labute approximate surface area is 192 Å². The van der Waals surface area contributed by atoms with Crippen molar-refractivity contribution in [1.82, 2.24) is 34.5 Å². The molecule has 3 fully saturated rings. The highest BCUT2D eigenvalue weighted by Gasteiger charge is 2.47. The van der Waals surface area contributed by atoms with Gasteiger partial charge in [-0.1, -0.05) is 0 Å². The highest BCUT2D eigenvalue weighted by Crippen LogP contribution is 2.34. The molecule has 3 aromatic rings. The summed E-state index contributed by atoms with van der Waals surface area (Å²) in [5, 5.41) is 5.66. The maximum atomic E-state index is 12.3. The minimum atomic E-state index is -0.205. The molecule has 0 radical (unpaired) electrons. The Morgan fingerprint density at radius 3 is 2.79 bits per heavy atom. The number of aromatic nitrogens is 5. The molecular formula is C23H30N8O2. The number of amides is 1. The van der Waals surface area contributed by atoms with Gasteiger partial charge in [0.2, 0.25) is 0 Å². The lowest BCUT2D eigenvalue weighted by Crippen LogP contribution is -2.69. The predicted molar refractivity (Wildman–Crippen MR) is 122 cm³/mol. The van der Waals surface area contributed by atoms with E-state index in [0.29, 0.717) is 25.1 Å². The molecule has 10 nitrogen and oxygen atoms in total. The first-order valence-corrected chi connectivity index (χ1v) is 11.8. The molecule has 6 rings (SSSR count). The summed E-state index contributed by atoms with van der Waals surface area (Å²) >= 11 is 0. The molecule has 2 aliphatic heterocycles. The third-order valence-corrected chi connectivity index (χ3v) is 7.45. The average molecular weight is 451 g/mol. The number of nitrogens with two attached hydrogens (primary N) is 1. The van der Waals surface area contributed by atoms with Crippen molar-refractivity contribution in [3.8, 4) is 11.3 Å². The normalized spacial score (nSPS) is 21.3. The van der Waals surface area contributed by atoms with Gasteiger partial charge in [-0.05, 0) is 37.7 Å². The lowest BCUT2D eigenvalue weighted by Gasteiger charge is -2.54. The van der Waals surface area contributed by atoms with Crippen LogP contribution in [0, 0.1) is 5.92 Å². The smallest absolute Gasteiger partial charge is 0.409 e. The number of piperidine rings is 1. The molecule has 3 aromatic heterocycles. The summed E-state index contributed by atoms with van der Waals surface area (Å²) in [4.78, 5) is 28.5. The number of fused-ring (bicyclic) bond motifs is 1. The second-order valence-corrected chi connectivity index (χ2v) is 9.71. The minimum Gasteiger partial charge on any atom is -0.449 e. The molecule has 0 unspecified atom stereocenters. The predicted octanol–water partition coefficient (Wildman–Crippen LogP) is 1.80. The van der Waals surface area contributed by atoms with E-state index in [1.54, 1.807) is 6.33 Å². The summed E-state index contributed by atoms with van der Waals surface area (Å²) in [6.07, 6.45) is 11.5. The number of nitrogens with one attached hydrogen (secondary N) is 1. The van der Waals surface area contributed by atoms with Gasteiger partial charge >= 0.3 is 6.09 Å². The highest BCUT2D eigenvalue weighted by atomic mass is 16.6. The number of hydrogen-bond acceptors (Lipinski definition) is 7. The van der Waals surface area contributed by atoms with Crippen LogP contribution < -0.4 is 5.73 Å². The summed E-state index contributed by atoms with van der Waals surface area (Å²) < 4.78 is 7.46. The largest absolute Gasteiger partial charge is 0.449 e. The Morgan fingerprint density at radius 2 is 2.03 bits per heavy atom. The van der Waals surface area contributed by atoms with E-state index in [4.69, 9.17) is 10.5 Å². The van der Waals surface area contributed by atoms with E-state index in [2.05, 4.69) is 31.1 Å². The van der Waals surface area contributed by atoms with E-state index >= 15 is 0 Å². The molecule has 3 aliphatic rings. The van der Waals surface area contributed by atoms with Gasteiger partial charge in [0, 0.05) is 62.1 Å². The monoisotopic (exact) mass is 450 g/mol. The Morgan fingerprint density at radius 1 is 1.21 bits per heavy atom. The van der Waals surface area contributed by atoms with E-state index in [9.17, 15) is 4.79 Å². The molecule has 0 bridgehead atoms. The Kier molecular flexibility index (Phi) is 5.06. The molecule has 0 spiro atoms. The van der Waals surface area contributed by atoms with Crippen molar-refractivity contribution < 1.29 is 9.53 Å². The van der Waals surface area contributed by atoms with Gasteiger partial charge in [0.1, 0.15) is 17.5 Å². The molecule has 10 heteroatoms. The number of ether oxygens (including phenoxy) is 1. The number of aromatic amines is 1. The maximum Gasteiger partial charge on any atom is 0.409 e. The highest BCUT2D eigenvalue weighted by molar-refractivity contribution is 5.90. The number of hydrogen-bond donors (Lipinski definition) is 2. The molecular weight excluding hydrogens is 420 g/mol. The van der Waals surface area contributed by atoms with Crippen molar-refractivity contribution in [3.05, 3.63) is 31.0 Å². The van der Waals surface area contributed by atoms with Crippen LogP contribution in [0.3, 0.4) is 0 Å². The zero-order valence-electron chi connectivity index (χ0n) is 18.7. The first-order chi connectivity index (χ1) is 16.1. The number of likely N-dealkylation sites (tertiary alicyclic amines) is 2. The molecule has 1 saturated carbocycles. The molecule has 174 valence electrons. The van der Waals surface area contributed by atoms with Crippen molar-refractivity contribution in [2.24, 2.45) is 11.7 Å². The molecule has 1 amide bonds. The molecule has 2 saturated heterocycles. The van der Waals surface area contributed by atoms with E-state index in [1.807, 2.05) is 28.0 Å². The topological polar surface area (TPSA) is 118 Å². The van der Waals surface area contributed by atoms with E-state index in [-0.39, 0.29) is 11.6 Å². The summed E-state index contributed by atoms with van der Waals surface area (Å²) in [5.74, 6) is 0.600. The number of nitrogens with zero attached hydrogens (tertiary/aromatic N) is 6. The van der Waals surface area contributed by atoms with E-state index in [1.165, 1.54) is 12.8 Å². The Bertz CT molecular complexity index is 1140. The van der Waals surface area contributed by atoms with Crippen LogP contribution >= 0.6 is 0 Å². The standard InChI is InChI=1S/C23H30N8O2/c24-12-23(31-10-17(9-28-31)20-19-3-6-25-21(19)27-15-26-20)13-30(14-23)18-4-7-29(8-5-18)22(32)33-11-16-1-2-16/h3,6,9-10,15-16,18H,1-2,4-5,7-8,11-14,24H2,(H,25,26,27). The first-order valence-electron chi connectivity index (χ1n) is 11.8. The quantitative estimate of drug-likeness (QED) is 0.588. The molecule has 0 atom stereocenters. The van der Waals surface area contributed by atoms with E-state index in [0.717, 1.165) is 61.3 Å². The molecule has 1 aliphatic carbocycles. The lowest BCUT2D eigenvalue weighted by atomic mass is 9.86. The third kappa shape index (κ3) is 3.76. The van der Waals surface area contributed by atoms with Gasteiger partial charge in [0.25, 0.3) is 0 Å². The fraction of sp³-hybridized carbons (Fsp3) is 0.565. The van der Waals surface area contributed by atoms with Gasteiger partial charge in [-0.2, -0.15) is 5.10 Å². The summed E-state index contributed by atoms with van der Waals surface area (Å²) in [7, 11) is 0. The zero-order chi connectivity index (χ0) is 22.4. The fourth-order valence-electron chi connectivity index (χ4n) is 5.12. The van der Waals surface area contributed by atoms with Gasteiger partial charge in [-0.25, -0.2) is 14.8 Å². The van der Waals surface area contributed by atoms with Crippen molar-refractivity contribution in [2.45, 2.75) is 37.3 Å². The van der Waals surface area contributed by atoms with Gasteiger partial charge in [0.05, 0.1) is 18.5 Å². The van der Waals surface area contributed by atoms with Crippen LogP contribution in [0.4, 0.5) is 4.79 Å². The number of carbonyl (C=O) groups excluding carboxylic acids is 1. The lowest BCUT2D eigenvalue weighted by molar-refractivity contribution is -0.0398. The van der Waals surface area contributed by atoms with Crippen LogP contribution in [-0.2, 0) is 10.3 Å². The van der Waals surface area contributed by atoms with E-state index < -0.39 is 0 Å². The minimum absolute atomic E-state index is 0.148. The van der Waals surface area contributed by atoms with Gasteiger partial charge in [-0.3, -0.25) is 9.58 Å². The molecule has 3 N–H and O–H groups in total. The second kappa shape index (κ2) is 8.11. The van der Waals surface area contributed by atoms with Crippen LogP contribution in [0.1, 0.15) is 25.7 Å². The van der Waals surface area contributed by atoms with Crippen LogP contribution in [0.5, 0.6) is 0 Å². The van der Waals surface area contributed by atoms with Gasteiger partial charge < -0.3 is 20.4 Å². The van der Waals surface area contributed by atoms with Crippen molar-refractivity contribution in [1.29, 1.82) is 0 Å². The Hall–Kier alpha value is -2.98. The maximum absolute atomic E-state index is 12.3. The van der Waals surface area contributed by atoms with Crippen LogP contribution in [0.25, 0.3) is 22.3 Å². The number of rotatable bonds is 6. The zero-order valence-corrected chi connectivity index (χ0v) is 18.7. The molecule has 0 aromatic carbocycles. The average Bonchev–Trinajstić information content (AvgIpc) is 3.30. The molecule has 5 heterocycles. The summed E-state index contributed by atoms with van der Waals surface area (Å²) in [6, 6.07) is 2.45. The third-order valence-electron chi connectivity index (χ3n) is 7.45. The Balaban J connectivity index is 1.08. The number of H-pyrrole nitrogens is 1. The van der Waals surface area contributed by atoms with Crippen molar-refractivity contribution >= 4 is 17.1 Å². The van der Waals surface area contributed by atoms with Gasteiger partial charge in [-0.15, -0.1) is 0 Å². The molecule has 33 heavy (non-hydrogen) atoms. The van der Waals surface area contributed by atoms with Crippen molar-refractivity contribution in [2.75, 3.05) is 39.3 Å². The summed E-state index contributed by atoms with van der Waals surface area (Å²) in [5.41, 5.74) is 8.70. The van der Waals surface area contributed by atoms with Crippen LogP contribution in [0.15, 0.2) is 31.0 Å².